The summed E-state index contributed by atoms with van der Waals surface area (Å²) in [7, 11) is -2.14. The molecule has 1 atom stereocenters. The van der Waals surface area contributed by atoms with Crippen molar-refractivity contribution in [2.24, 2.45) is 0 Å². The van der Waals surface area contributed by atoms with Crippen LogP contribution in [0.1, 0.15) is 61.9 Å². The van der Waals surface area contributed by atoms with Crippen molar-refractivity contribution < 1.29 is 13.2 Å². The summed E-state index contributed by atoms with van der Waals surface area (Å²) in [6.45, 7) is 5.38. The molecule has 0 bridgehead atoms. The molecule has 1 aromatic heterocycles. The molecule has 1 amide bonds. The van der Waals surface area contributed by atoms with E-state index in [1.54, 1.807) is 37.6 Å². The van der Waals surface area contributed by atoms with E-state index >= 15 is 0 Å². The molecule has 9 nitrogen and oxygen atoms in total. The molecule has 0 unspecified atom stereocenters. The Bertz CT molecular complexity index is 936. The molecule has 2 aromatic rings. The fraction of sp³-hybridized carbons (Fsp3) is 0.529. The molecular weight excluding hydrogens is 368 g/mol. The van der Waals surface area contributed by atoms with Crippen LogP contribution < -0.4 is 5.32 Å². The molecule has 1 aliphatic rings. The second kappa shape index (κ2) is 7.35. The zero-order chi connectivity index (χ0) is 19.8. The van der Waals surface area contributed by atoms with E-state index in [4.69, 9.17) is 0 Å². The normalized spacial score (nSPS) is 15.9. The number of nitrogens with zero attached hydrogens (tertiary/aromatic N) is 5. The molecule has 0 spiro atoms. The third kappa shape index (κ3) is 4.01. The van der Waals surface area contributed by atoms with Crippen LogP contribution in [0.15, 0.2) is 29.2 Å². The zero-order valence-corrected chi connectivity index (χ0v) is 16.6. The van der Waals surface area contributed by atoms with Crippen molar-refractivity contribution in [3.8, 4) is 0 Å². The molecule has 1 N–H and O–H groups in total. The standard InChI is InChI=1S/C17H24N6O3S/c1-11(2)22(4)27(25,26)15-7-5-6-13(10-15)17(24)18-12(3)16-19-20-21-23(16)14-8-9-14/h5-7,10-12,14H,8-9H2,1-4H3,(H,18,24)/t12-/m0/s1. The van der Waals surface area contributed by atoms with Crippen molar-refractivity contribution in [3.63, 3.8) is 0 Å². The molecule has 0 radical (unpaired) electrons. The van der Waals surface area contributed by atoms with Crippen LogP contribution >= 0.6 is 0 Å². The van der Waals surface area contributed by atoms with Gasteiger partial charge in [-0.15, -0.1) is 5.10 Å². The molecule has 1 heterocycles. The molecule has 27 heavy (non-hydrogen) atoms. The number of carbonyl (C=O) groups is 1. The zero-order valence-electron chi connectivity index (χ0n) is 15.8. The molecule has 10 heteroatoms. The Labute approximate surface area is 158 Å². The van der Waals surface area contributed by atoms with Gasteiger partial charge in [-0.05, 0) is 62.2 Å². The van der Waals surface area contributed by atoms with Gasteiger partial charge in [0.1, 0.15) is 0 Å². The smallest absolute Gasteiger partial charge is 0.251 e. The van der Waals surface area contributed by atoms with Crippen molar-refractivity contribution in [2.45, 2.75) is 56.6 Å². The fourth-order valence-corrected chi connectivity index (χ4v) is 4.06. The summed E-state index contributed by atoms with van der Waals surface area (Å²) >= 11 is 0. The van der Waals surface area contributed by atoms with Gasteiger partial charge in [0.15, 0.2) is 5.82 Å². The highest BCUT2D eigenvalue weighted by atomic mass is 32.2. The lowest BCUT2D eigenvalue weighted by Crippen LogP contribution is -2.33. The van der Waals surface area contributed by atoms with Gasteiger partial charge >= 0.3 is 0 Å². The Morgan fingerprint density at radius 3 is 2.63 bits per heavy atom. The van der Waals surface area contributed by atoms with Gasteiger partial charge in [0, 0.05) is 18.7 Å². The summed E-state index contributed by atoms with van der Waals surface area (Å²) < 4.78 is 28.3. The highest BCUT2D eigenvalue weighted by Gasteiger charge is 2.30. The quantitative estimate of drug-likeness (QED) is 0.765. The summed E-state index contributed by atoms with van der Waals surface area (Å²) in [6.07, 6.45) is 2.06. The summed E-state index contributed by atoms with van der Waals surface area (Å²) in [5, 5.41) is 14.5. The number of nitrogens with one attached hydrogen (secondary N) is 1. The van der Waals surface area contributed by atoms with Gasteiger partial charge in [-0.2, -0.15) is 4.31 Å². The number of aromatic nitrogens is 4. The third-order valence-electron chi connectivity index (χ3n) is 4.65. The molecule has 0 aliphatic heterocycles. The van der Waals surface area contributed by atoms with Crippen LogP contribution in [0.3, 0.4) is 0 Å². The number of sulfonamides is 1. The van der Waals surface area contributed by atoms with Crippen molar-refractivity contribution in [3.05, 3.63) is 35.7 Å². The number of rotatable bonds is 7. The molecule has 3 rings (SSSR count). The van der Waals surface area contributed by atoms with E-state index in [1.807, 2.05) is 0 Å². The maximum absolute atomic E-state index is 12.6. The van der Waals surface area contributed by atoms with E-state index in [0.717, 1.165) is 12.8 Å². The highest BCUT2D eigenvalue weighted by molar-refractivity contribution is 7.89. The van der Waals surface area contributed by atoms with Gasteiger partial charge in [-0.25, -0.2) is 13.1 Å². The second-order valence-electron chi connectivity index (χ2n) is 7.05. The maximum atomic E-state index is 12.6. The van der Waals surface area contributed by atoms with Crippen LogP contribution in [0.4, 0.5) is 0 Å². The average Bonchev–Trinajstić information content (AvgIpc) is 3.37. The lowest BCUT2D eigenvalue weighted by molar-refractivity contribution is 0.0937. The Morgan fingerprint density at radius 1 is 1.30 bits per heavy atom. The van der Waals surface area contributed by atoms with Gasteiger partial charge in [0.25, 0.3) is 5.91 Å². The first-order valence-corrected chi connectivity index (χ1v) is 10.3. The van der Waals surface area contributed by atoms with Gasteiger partial charge in [0.2, 0.25) is 10.0 Å². The predicted molar refractivity (Wildman–Crippen MR) is 98.5 cm³/mol. The van der Waals surface area contributed by atoms with Crippen molar-refractivity contribution in [1.82, 2.24) is 29.8 Å². The molecule has 1 aliphatic carbocycles. The first-order valence-electron chi connectivity index (χ1n) is 8.88. The van der Waals surface area contributed by atoms with Gasteiger partial charge < -0.3 is 5.32 Å². The van der Waals surface area contributed by atoms with Crippen LogP contribution in [-0.4, -0.2) is 51.9 Å². The average molecular weight is 392 g/mol. The first kappa shape index (κ1) is 19.4. The van der Waals surface area contributed by atoms with Gasteiger partial charge in [-0.1, -0.05) is 6.07 Å². The Morgan fingerprint density at radius 2 is 2.00 bits per heavy atom. The molecular formula is C17H24N6O3S. The molecule has 1 aromatic carbocycles. The first-order chi connectivity index (χ1) is 12.7. The number of carbonyl (C=O) groups excluding carboxylic acids is 1. The van der Waals surface area contributed by atoms with Gasteiger partial charge in [0.05, 0.1) is 17.0 Å². The van der Waals surface area contributed by atoms with Crippen LogP contribution in [0.25, 0.3) is 0 Å². The van der Waals surface area contributed by atoms with Crippen molar-refractivity contribution in [1.29, 1.82) is 0 Å². The minimum Gasteiger partial charge on any atom is -0.342 e. The van der Waals surface area contributed by atoms with Crippen LogP contribution in [0, 0.1) is 0 Å². The lowest BCUT2D eigenvalue weighted by Gasteiger charge is -2.21. The summed E-state index contributed by atoms with van der Waals surface area (Å²) in [4.78, 5) is 12.7. The van der Waals surface area contributed by atoms with E-state index in [0.29, 0.717) is 11.9 Å². The molecule has 1 saturated carbocycles. The van der Waals surface area contributed by atoms with E-state index in [1.165, 1.54) is 23.5 Å². The van der Waals surface area contributed by atoms with E-state index in [-0.39, 0.29) is 22.4 Å². The summed E-state index contributed by atoms with van der Waals surface area (Å²) in [5.41, 5.74) is 0.269. The molecule has 1 fully saturated rings. The van der Waals surface area contributed by atoms with Crippen molar-refractivity contribution in [2.75, 3.05) is 7.05 Å². The number of hydrogen-bond donors (Lipinski definition) is 1. The lowest BCUT2D eigenvalue weighted by atomic mass is 10.2. The largest absolute Gasteiger partial charge is 0.342 e. The van der Waals surface area contributed by atoms with E-state index in [2.05, 4.69) is 20.8 Å². The monoisotopic (exact) mass is 392 g/mol. The fourth-order valence-electron chi connectivity index (χ4n) is 2.65. The van der Waals surface area contributed by atoms with Gasteiger partial charge in [-0.3, -0.25) is 4.79 Å². The summed E-state index contributed by atoms with van der Waals surface area (Å²) in [6, 6.07) is 5.74. The minimum absolute atomic E-state index is 0.0850. The minimum atomic E-state index is -3.66. The highest BCUT2D eigenvalue weighted by Crippen LogP contribution is 2.35. The second-order valence-corrected chi connectivity index (χ2v) is 9.05. The summed E-state index contributed by atoms with van der Waals surface area (Å²) in [5.74, 6) is 0.214. The molecule has 0 saturated heterocycles. The SMILES string of the molecule is CC(C)N(C)S(=O)(=O)c1cccc(C(=O)N[C@@H](C)c2nnnn2C2CC2)c1. The van der Waals surface area contributed by atoms with Crippen LogP contribution in [0.5, 0.6) is 0 Å². The van der Waals surface area contributed by atoms with Crippen molar-refractivity contribution >= 4 is 15.9 Å². The number of hydrogen-bond acceptors (Lipinski definition) is 6. The van der Waals surface area contributed by atoms with Crippen LogP contribution in [-0.2, 0) is 10.0 Å². The topological polar surface area (TPSA) is 110 Å². The Hall–Kier alpha value is -2.33. The van der Waals surface area contributed by atoms with Crippen LogP contribution in [0.2, 0.25) is 0 Å². The Kier molecular flexibility index (Phi) is 5.29. The number of tetrazole rings is 1. The number of amides is 1. The third-order valence-corrected chi connectivity index (χ3v) is 6.68. The number of benzene rings is 1. The Balaban J connectivity index is 1.78. The maximum Gasteiger partial charge on any atom is 0.251 e. The van der Waals surface area contributed by atoms with E-state index < -0.39 is 16.1 Å². The predicted octanol–water partition coefficient (Wildman–Crippen LogP) is 1.53. The van der Waals surface area contributed by atoms with E-state index in [9.17, 15) is 13.2 Å². The molecule has 146 valence electrons.